The quantitative estimate of drug-likeness (QED) is 0.845. The monoisotopic (exact) mass is 276 g/mol. The second kappa shape index (κ2) is 5.70. The predicted octanol–water partition coefficient (Wildman–Crippen LogP) is 2.58. The lowest BCUT2D eigenvalue weighted by Crippen LogP contribution is -2.49. The van der Waals surface area contributed by atoms with Crippen LogP contribution in [0.15, 0.2) is 18.2 Å². The maximum absolute atomic E-state index is 12.6. The van der Waals surface area contributed by atoms with Crippen molar-refractivity contribution in [2.24, 2.45) is 5.73 Å². The average molecular weight is 276 g/mol. The van der Waals surface area contributed by atoms with Crippen molar-refractivity contribution in [3.8, 4) is 0 Å². The van der Waals surface area contributed by atoms with Crippen LogP contribution in [0.25, 0.3) is 0 Å². The summed E-state index contributed by atoms with van der Waals surface area (Å²) in [6.45, 7) is 4.75. The van der Waals surface area contributed by atoms with E-state index < -0.39 is 0 Å². The molecule has 1 fully saturated rings. The SMILES string of the molecule is Cc1cc(C)cc(C(=O)N2CCCCC2C(N)=S)c1. The van der Waals surface area contributed by atoms with Crippen molar-refractivity contribution in [1.29, 1.82) is 0 Å². The van der Waals surface area contributed by atoms with Crippen LogP contribution in [0.4, 0.5) is 0 Å². The van der Waals surface area contributed by atoms with Crippen LogP contribution in [0.5, 0.6) is 0 Å². The third-order valence-electron chi connectivity index (χ3n) is 3.56. The zero-order valence-electron chi connectivity index (χ0n) is 11.5. The number of nitrogens with zero attached hydrogens (tertiary/aromatic N) is 1. The van der Waals surface area contributed by atoms with Gasteiger partial charge in [-0.1, -0.05) is 29.4 Å². The molecule has 0 bridgehead atoms. The minimum Gasteiger partial charge on any atom is -0.392 e. The molecule has 1 amide bonds. The Labute approximate surface area is 119 Å². The molecule has 2 rings (SSSR count). The Morgan fingerprint density at radius 3 is 2.47 bits per heavy atom. The number of nitrogens with two attached hydrogens (primary N) is 1. The topological polar surface area (TPSA) is 46.3 Å². The van der Waals surface area contributed by atoms with Crippen molar-refractivity contribution in [3.05, 3.63) is 34.9 Å². The first kappa shape index (κ1) is 14.0. The number of carbonyl (C=O) groups is 1. The highest BCUT2D eigenvalue weighted by Gasteiger charge is 2.29. The van der Waals surface area contributed by atoms with Crippen molar-refractivity contribution in [2.45, 2.75) is 39.2 Å². The highest BCUT2D eigenvalue weighted by Crippen LogP contribution is 2.21. The highest BCUT2D eigenvalue weighted by molar-refractivity contribution is 7.80. The van der Waals surface area contributed by atoms with Gasteiger partial charge >= 0.3 is 0 Å². The third kappa shape index (κ3) is 3.13. The van der Waals surface area contributed by atoms with Crippen molar-refractivity contribution in [2.75, 3.05) is 6.54 Å². The Balaban J connectivity index is 2.28. The molecule has 4 heteroatoms. The molecule has 3 nitrogen and oxygen atoms in total. The number of rotatable bonds is 2. The van der Waals surface area contributed by atoms with Crippen molar-refractivity contribution >= 4 is 23.1 Å². The Morgan fingerprint density at radius 2 is 1.89 bits per heavy atom. The summed E-state index contributed by atoms with van der Waals surface area (Å²) in [5.41, 5.74) is 8.72. The highest BCUT2D eigenvalue weighted by atomic mass is 32.1. The van der Waals surface area contributed by atoms with Crippen LogP contribution >= 0.6 is 12.2 Å². The molecular formula is C15H20N2OS. The molecule has 1 aliphatic rings. The van der Waals surface area contributed by atoms with Crippen LogP contribution in [-0.4, -0.2) is 28.4 Å². The van der Waals surface area contributed by atoms with Crippen LogP contribution in [0, 0.1) is 13.8 Å². The summed E-state index contributed by atoms with van der Waals surface area (Å²) in [6.07, 6.45) is 2.99. The normalized spacial score (nSPS) is 19.3. The van der Waals surface area contributed by atoms with E-state index >= 15 is 0 Å². The van der Waals surface area contributed by atoms with Gasteiger partial charge in [-0.25, -0.2) is 0 Å². The molecule has 0 radical (unpaired) electrons. The molecule has 0 aliphatic carbocycles. The summed E-state index contributed by atoms with van der Waals surface area (Å²) < 4.78 is 0. The number of likely N-dealkylation sites (tertiary alicyclic amines) is 1. The van der Waals surface area contributed by atoms with Gasteiger partial charge in [-0.15, -0.1) is 0 Å². The average Bonchev–Trinajstić information content (AvgIpc) is 2.36. The molecule has 1 atom stereocenters. The summed E-state index contributed by atoms with van der Waals surface area (Å²) in [5, 5.41) is 0. The number of hydrogen-bond acceptors (Lipinski definition) is 2. The standard InChI is InChI=1S/C15H20N2OS/c1-10-7-11(2)9-12(8-10)15(18)17-6-4-3-5-13(17)14(16)19/h7-9,13H,3-6H2,1-2H3,(H2,16,19). The third-order valence-corrected chi connectivity index (χ3v) is 3.83. The summed E-state index contributed by atoms with van der Waals surface area (Å²) >= 11 is 5.10. The van der Waals surface area contributed by atoms with Crippen LogP contribution < -0.4 is 5.73 Å². The van der Waals surface area contributed by atoms with Crippen LogP contribution in [0.3, 0.4) is 0 Å². The molecule has 1 aromatic rings. The van der Waals surface area contributed by atoms with Crippen LogP contribution in [0.2, 0.25) is 0 Å². The summed E-state index contributed by atoms with van der Waals surface area (Å²) in [4.78, 5) is 14.9. The van der Waals surface area contributed by atoms with Gasteiger partial charge in [0.15, 0.2) is 0 Å². The van der Waals surface area contributed by atoms with Gasteiger partial charge in [0.1, 0.15) is 0 Å². The van der Waals surface area contributed by atoms with Gasteiger partial charge in [0, 0.05) is 12.1 Å². The van der Waals surface area contributed by atoms with E-state index in [0.717, 1.165) is 42.5 Å². The van der Waals surface area contributed by atoms with E-state index in [9.17, 15) is 4.79 Å². The fraction of sp³-hybridized carbons (Fsp3) is 0.467. The van der Waals surface area contributed by atoms with Gasteiger partial charge in [0.25, 0.3) is 5.91 Å². The number of aryl methyl sites for hydroxylation is 2. The van der Waals surface area contributed by atoms with E-state index in [1.807, 2.05) is 30.9 Å². The molecule has 1 aromatic carbocycles. The molecule has 19 heavy (non-hydrogen) atoms. The number of carbonyl (C=O) groups excluding carboxylic acids is 1. The first-order valence-electron chi connectivity index (χ1n) is 6.67. The number of piperidine rings is 1. The molecular weight excluding hydrogens is 256 g/mol. The Kier molecular flexibility index (Phi) is 4.20. The summed E-state index contributed by atoms with van der Waals surface area (Å²) in [6, 6.07) is 5.84. The molecule has 1 aliphatic heterocycles. The molecule has 0 spiro atoms. The van der Waals surface area contributed by atoms with Crippen molar-refractivity contribution in [3.63, 3.8) is 0 Å². The smallest absolute Gasteiger partial charge is 0.254 e. The zero-order valence-corrected chi connectivity index (χ0v) is 12.3. The fourth-order valence-electron chi connectivity index (χ4n) is 2.73. The maximum Gasteiger partial charge on any atom is 0.254 e. The first-order chi connectivity index (χ1) is 8.99. The minimum atomic E-state index is -0.0860. The lowest BCUT2D eigenvalue weighted by atomic mass is 9.99. The largest absolute Gasteiger partial charge is 0.392 e. The Hall–Kier alpha value is -1.42. The van der Waals surface area contributed by atoms with Crippen LogP contribution in [0.1, 0.15) is 40.7 Å². The fourth-order valence-corrected chi connectivity index (χ4v) is 2.98. The van der Waals surface area contributed by atoms with Gasteiger partial charge < -0.3 is 10.6 Å². The van der Waals surface area contributed by atoms with Gasteiger partial charge in [0.2, 0.25) is 0 Å². The number of amides is 1. The zero-order chi connectivity index (χ0) is 14.0. The second-order valence-corrected chi connectivity index (χ2v) is 5.76. The maximum atomic E-state index is 12.6. The molecule has 1 unspecified atom stereocenters. The molecule has 1 heterocycles. The molecule has 2 N–H and O–H groups in total. The van der Waals surface area contributed by atoms with Crippen LogP contribution in [-0.2, 0) is 0 Å². The van der Waals surface area contributed by atoms with E-state index in [4.69, 9.17) is 18.0 Å². The van der Waals surface area contributed by atoms with E-state index in [1.165, 1.54) is 0 Å². The van der Waals surface area contributed by atoms with Gasteiger partial charge in [0.05, 0.1) is 11.0 Å². The molecule has 102 valence electrons. The van der Waals surface area contributed by atoms with E-state index in [1.54, 1.807) is 0 Å². The first-order valence-corrected chi connectivity index (χ1v) is 7.08. The summed E-state index contributed by atoms with van der Waals surface area (Å²) in [5.74, 6) is 0.0456. The predicted molar refractivity (Wildman–Crippen MR) is 81.4 cm³/mol. The lowest BCUT2D eigenvalue weighted by molar-refractivity contribution is 0.0681. The Morgan fingerprint density at radius 1 is 1.26 bits per heavy atom. The van der Waals surface area contributed by atoms with Crippen molar-refractivity contribution in [1.82, 2.24) is 4.90 Å². The van der Waals surface area contributed by atoms with E-state index in [-0.39, 0.29) is 11.9 Å². The molecule has 0 saturated carbocycles. The second-order valence-electron chi connectivity index (χ2n) is 5.29. The van der Waals surface area contributed by atoms with E-state index in [2.05, 4.69) is 6.07 Å². The molecule has 0 aromatic heterocycles. The number of hydrogen-bond donors (Lipinski definition) is 1. The van der Waals surface area contributed by atoms with Crippen molar-refractivity contribution < 1.29 is 4.79 Å². The van der Waals surface area contributed by atoms with Gasteiger partial charge in [-0.2, -0.15) is 0 Å². The van der Waals surface area contributed by atoms with Gasteiger partial charge in [-0.3, -0.25) is 4.79 Å². The molecule has 1 saturated heterocycles. The minimum absolute atomic E-state index is 0.0456. The van der Waals surface area contributed by atoms with E-state index in [0.29, 0.717) is 4.99 Å². The number of benzene rings is 1. The van der Waals surface area contributed by atoms with Gasteiger partial charge in [-0.05, 0) is 45.2 Å². The lowest BCUT2D eigenvalue weighted by Gasteiger charge is -2.35. The number of thiocarbonyl (C=S) groups is 1. The Bertz CT molecular complexity index is 493. The summed E-state index contributed by atoms with van der Waals surface area (Å²) in [7, 11) is 0.